The zero-order valence-electron chi connectivity index (χ0n) is 10.6. The number of nitrogens with one attached hydrogen (secondary N) is 1. The van der Waals surface area contributed by atoms with Crippen molar-refractivity contribution in [1.29, 1.82) is 0 Å². The molecule has 2 aromatic rings. The lowest BCUT2D eigenvalue weighted by Crippen LogP contribution is -1.99. The van der Waals surface area contributed by atoms with Crippen LogP contribution in [0.25, 0.3) is 0 Å². The molecule has 3 rings (SSSR count). The lowest BCUT2D eigenvalue weighted by Gasteiger charge is -2.04. The van der Waals surface area contributed by atoms with Crippen molar-refractivity contribution in [3.05, 3.63) is 53.5 Å². The van der Waals surface area contributed by atoms with E-state index in [9.17, 15) is 8.78 Å². The van der Waals surface area contributed by atoms with Gasteiger partial charge in [0, 0.05) is 17.7 Å². The van der Waals surface area contributed by atoms with Gasteiger partial charge in [0.05, 0.1) is 6.54 Å². The van der Waals surface area contributed by atoms with Crippen LogP contribution in [0.15, 0.2) is 34.7 Å². The lowest BCUT2D eigenvalue weighted by atomic mass is 10.3. The highest BCUT2D eigenvalue weighted by atomic mass is 19.1. The summed E-state index contributed by atoms with van der Waals surface area (Å²) in [5.74, 6) is 1.85. The minimum absolute atomic E-state index is 0.412. The molecule has 1 aliphatic rings. The Kier molecular flexibility index (Phi) is 3.01. The van der Waals surface area contributed by atoms with E-state index >= 15 is 0 Å². The Labute approximate surface area is 110 Å². The van der Waals surface area contributed by atoms with Gasteiger partial charge in [-0.05, 0) is 36.6 Å². The van der Waals surface area contributed by atoms with Gasteiger partial charge in [0.1, 0.15) is 23.2 Å². The van der Waals surface area contributed by atoms with Crippen molar-refractivity contribution >= 4 is 5.69 Å². The summed E-state index contributed by atoms with van der Waals surface area (Å²) in [7, 11) is 0. The molecule has 1 aromatic heterocycles. The van der Waals surface area contributed by atoms with E-state index in [0.29, 0.717) is 24.1 Å². The van der Waals surface area contributed by atoms with Gasteiger partial charge >= 0.3 is 0 Å². The fourth-order valence-electron chi connectivity index (χ4n) is 2.25. The number of benzene rings is 1. The molecule has 1 aromatic carbocycles. The second kappa shape index (κ2) is 4.68. The first-order valence-electron chi connectivity index (χ1n) is 6.40. The maximum absolute atomic E-state index is 13.0. The normalized spacial score (nSPS) is 21.4. The Morgan fingerprint density at radius 1 is 1.21 bits per heavy atom. The molecule has 4 heteroatoms. The van der Waals surface area contributed by atoms with Gasteiger partial charge in [0.2, 0.25) is 0 Å². The summed E-state index contributed by atoms with van der Waals surface area (Å²) in [6, 6.07) is 7.26. The summed E-state index contributed by atoms with van der Waals surface area (Å²) < 4.78 is 31.7. The number of halogens is 2. The number of anilines is 1. The Balaban J connectivity index is 1.64. The fraction of sp³-hybridized carbons (Fsp3) is 0.333. The summed E-state index contributed by atoms with van der Waals surface area (Å²) >= 11 is 0. The molecule has 0 spiro atoms. The molecule has 1 N–H and O–H groups in total. The van der Waals surface area contributed by atoms with Crippen molar-refractivity contribution in [1.82, 2.24) is 0 Å². The van der Waals surface area contributed by atoms with Crippen LogP contribution < -0.4 is 5.32 Å². The van der Waals surface area contributed by atoms with Gasteiger partial charge in [-0.25, -0.2) is 8.78 Å². The monoisotopic (exact) mass is 263 g/mol. The molecular formula is C15H15F2NO. The van der Waals surface area contributed by atoms with Crippen LogP contribution in [0.1, 0.15) is 30.8 Å². The Bertz CT molecular complexity index is 573. The van der Waals surface area contributed by atoms with Crippen molar-refractivity contribution in [3.63, 3.8) is 0 Å². The maximum Gasteiger partial charge on any atom is 0.128 e. The third kappa shape index (κ3) is 2.78. The molecule has 2 unspecified atom stereocenters. The first-order valence-corrected chi connectivity index (χ1v) is 6.40. The quantitative estimate of drug-likeness (QED) is 0.890. The smallest absolute Gasteiger partial charge is 0.128 e. The van der Waals surface area contributed by atoms with Gasteiger partial charge in [-0.1, -0.05) is 6.92 Å². The van der Waals surface area contributed by atoms with Crippen molar-refractivity contribution in [2.45, 2.75) is 25.8 Å². The van der Waals surface area contributed by atoms with Gasteiger partial charge in [-0.15, -0.1) is 0 Å². The molecule has 0 bridgehead atoms. The summed E-state index contributed by atoms with van der Waals surface area (Å²) in [4.78, 5) is 0. The van der Waals surface area contributed by atoms with E-state index in [1.165, 1.54) is 18.6 Å². The van der Waals surface area contributed by atoms with Crippen LogP contribution in [0.3, 0.4) is 0 Å². The van der Waals surface area contributed by atoms with Gasteiger partial charge < -0.3 is 9.73 Å². The van der Waals surface area contributed by atoms with Gasteiger partial charge in [-0.3, -0.25) is 0 Å². The predicted octanol–water partition coefficient (Wildman–Crippen LogP) is 4.29. The molecule has 1 aliphatic carbocycles. The number of hydrogen-bond donors (Lipinski definition) is 1. The second-order valence-corrected chi connectivity index (χ2v) is 5.14. The van der Waals surface area contributed by atoms with E-state index in [2.05, 4.69) is 12.2 Å². The zero-order chi connectivity index (χ0) is 13.4. The van der Waals surface area contributed by atoms with Crippen molar-refractivity contribution in [2.75, 3.05) is 5.32 Å². The molecule has 1 fully saturated rings. The van der Waals surface area contributed by atoms with Gasteiger partial charge in [0.25, 0.3) is 0 Å². The minimum Gasteiger partial charge on any atom is -0.464 e. The molecule has 0 radical (unpaired) electrons. The van der Waals surface area contributed by atoms with Gasteiger partial charge in [-0.2, -0.15) is 0 Å². The SMILES string of the molecule is CC1CC1c1ccc(CNc2cc(F)cc(F)c2)o1. The highest BCUT2D eigenvalue weighted by Crippen LogP contribution is 2.47. The van der Waals surface area contributed by atoms with E-state index in [-0.39, 0.29) is 0 Å². The number of rotatable bonds is 4. The molecule has 1 heterocycles. The largest absolute Gasteiger partial charge is 0.464 e. The summed E-state index contributed by atoms with van der Waals surface area (Å²) in [6.45, 7) is 2.62. The van der Waals surface area contributed by atoms with Crippen molar-refractivity contribution < 1.29 is 13.2 Å². The van der Waals surface area contributed by atoms with Crippen LogP contribution in [0.5, 0.6) is 0 Å². The highest BCUT2D eigenvalue weighted by molar-refractivity contribution is 5.43. The molecule has 0 saturated heterocycles. The van der Waals surface area contributed by atoms with Crippen LogP contribution in [-0.4, -0.2) is 0 Å². The maximum atomic E-state index is 13.0. The summed E-state index contributed by atoms with van der Waals surface area (Å²) in [5.41, 5.74) is 0.412. The topological polar surface area (TPSA) is 25.2 Å². The van der Waals surface area contributed by atoms with Crippen LogP contribution in [0, 0.1) is 17.6 Å². The van der Waals surface area contributed by atoms with E-state index < -0.39 is 11.6 Å². The number of furan rings is 1. The van der Waals surface area contributed by atoms with Crippen molar-refractivity contribution in [3.8, 4) is 0 Å². The number of hydrogen-bond acceptors (Lipinski definition) is 2. The molecule has 0 amide bonds. The Morgan fingerprint density at radius 3 is 2.53 bits per heavy atom. The molecular weight excluding hydrogens is 248 g/mol. The summed E-state index contributed by atoms with van der Waals surface area (Å²) in [5, 5.41) is 2.95. The van der Waals surface area contributed by atoms with E-state index in [1.54, 1.807) is 0 Å². The molecule has 0 aliphatic heterocycles. The van der Waals surface area contributed by atoms with Gasteiger partial charge in [0.15, 0.2) is 0 Å². The van der Waals surface area contributed by atoms with Crippen LogP contribution in [0.4, 0.5) is 14.5 Å². The first kappa shape index (κ1) is 12.2. The van der Waals surface area contributed by atoms with E-state index in [1.807, 2.05) is 12.1 Å². The predicted molar refractivity (Wildman–Crippen MR) is 68.9 cm³/mol. The molecule has 100 valence electrons. The first-order chi connectivity index (χ1) is 9.11. The average molecular weight is 263 g/mol. The lowest BCUT2D eigenvalue weighted by molar-refractivity contribution is 0.468. The third-order valence-corrected chi connectivity index (χ3v) is 3.49. The van der Waals surface area contributed by atoms with E-state index in [4.69, 9.17) is 4.42 Å². The van der Waals surface area contributed by atoms with Crippen LogP contribution in [-0.2, 0) is 6.54 Å². The molecule has 1 saturated carbocycles. The molecule has 19 heavy (non-hydrogen) atoms. The van der Waals surface area contributed by atoms with Crippen LogP contribution >= 0.6 is 0 Å². The Hall–Kier alpha value is -1.84. The second-order valence-electron chi connectivity index (χ2n) is 5.14. The fourth-order valence-corrected chi connectivity index (χ4v) is 2.25. The highest BCUT2D eigenvalue weighted by Gasteiger charge is 2.36. The molecule has 2 atom stereocenters. The standard InChI is InChI=1S/C15H15F2NO/c1-9-4-14(9)15-3-2-13(19-15)8-18-12-6-10(16)5-11(17)7-12/h2-3,5-7,9,14,18H,4,8H2,1H3. The minimum atomic E-state index is -0.588. The van der Waals surface area contributed by atoms with Crippen LogP contribution in [0.2, 0.25) is 0 Å². The van der Waals surface area contributed by atoms with Crippen molar-refractivity contribution in [2.24, 2.45) is 5.92 Å². The average Bonchev–Trinajstić information content (AvgIpc) is 2.89. The molecule has 2 nitrogen and oxygen atoms in total. The third-order valence-electron chi connectivity index (χ3n) is 3.49. The Morgan fingerprint density at radius 2 is 1.89 bits per heavy atom. The zero-order valence-corrected chi connectivity index (χ0v) is 10.6. The summed E-state index contributed by atoms with van der Waals surface area (Å²) in [6.07, 6.45) is 1.18. The van der Waals surface area contributed by atoms with E-state index in [0.717, 1.165) is 17.6 Å².